The molecule has 6 heteroatoms. The topological polar surface area (TPSA) is 85.5 Å². The Kier molecular flexibility index (Phi) is 6.59. The number of anilines is 1. The molecule has 1 aromatic heterocycles. The smallest absolute Gasteiger partial charge is 0.303 e. The molecule has 1 atom stereocenters. The van der Waals surface area contributed by atoms with Crippen LogP contribution in [-0.4, -0.2) is 24.2 Å². The average molecular weight is 433 g/mol. The number of nitrogens with zero attached hydrogens (tertiary/aromatic N) is 1. The van der Waals surface area contributed by atoms with Crippen molar-refractivity contribution < 1.29 is 19.4 Å². The van der Waals surface area contributed by atoms with Gasteiger partial charge < -0.3 is 15.1 Å². The minimum Gasteiger partial charge on any atom is -0.711 e. The minimum absolute atomic E-state index is 0.0241. The summed E-state index contributed by atoms with van der Waals surface area (Å²) in [5, 5.41) is 24.2. The van der Waals surface area contributed by atoms with Crippen molar-refractivity contribution in [2.75, 3.05) is 18.5 Å². The fraction of sp³-hybridized carbons (Fsp3) is 0.308. The number of hydrogen-bond donors (Lipinski definition) is 2. The van der Waals surface area contributed by atoms with Crippen LogP contribution >= 0.6 is 0 Å². The summed E-state index contributed by atoms with van der Waals surface area (Å²) < 4.78 is 6.88. The van der Waals surface area contributed by atoms with E-state index in [0.717, 1.165) is 40.9 Å². The van der Waals surface area contributed by atoms with E-state index in [9.17, 15) is 15.1 Å². The second-order valence-electron chi connectivity index (χ2n) is 8.30. The van der Waals surface area contributed by atoms with Gasteiger partial charge in [-0.25, -0.2) is 4.73 Å². The summed E-state index contributed by atoms with van der Waals surface area (Å²) in [6, 6.07) is 17.7. The van der Waals surface area contributed by atoms with Crippen LogP contribution in [0, 0.1) is 12.1 Å². The van der Waals surface area contributed by atoms with Crippen LogP contribution in [0.4, 0.5) is 5.82 Å². The van der Waals surface area contributed by atoms with E-state index in [2.05, 4.69) is 29.6 Å². The van der Waals surface area contributed by atoms with E-state index in [1.807, 2.05) is 25.1 Å². The molecule has 0 aliphatic heterocycles. The van der Waals surface area contributed by atoms with Crippen molar-refractivity contribution in [3.8, 4) is 5.75 Å². The summed E-state index contributed by atoms with van der Waals surface area (Å²) in [4.78, 5) is 11.5. The van der Waals surface area contributed by atoms with E-state index in [0.29, 0.717) is 19.0 Å². The number of nitrogens with one attached hydrogen (secondary N) is 1. The first-order valence-corrected chi connectivity index (χ1v) is 11.0. The summed E-state index contributed by atoms with van der Waals surface area (Å²) in [7, 11) is 0. The van der Waals surface area contributed by atoms with Gasteiger partial charge in [0.25, 0.3) is 5.82 Å². The van der Waals surface area contributed by atoms with Gasteiger partial charge in [0.15, 0.2) is 0 Å². The zero-order chi connectivity index (χ0) is 22.5. The second kappa shape index (κ2) is 9.73. The SMILES string of the molecule is Cc1cc2c(cc1OCCCNc1cccc[n+]1[O-])Cc1ccccc1C(CC(=O)O)C2. The predicted molar refractivity (Wildman–Crippen MR) is 123 cm³/mol. The first kappa shape index (κ1) is 21.7. The number of carboxylic acid groups (broad SMARTS) is 1. The number of ether oxygens (including phenoxy) is 1. The molecule has 6 nitrogen and oxygen atoms in total. The molecule has 2 N–H and O–H groups in total. The van der Waals surface area contributed by atoms with Crippen molar-refractivity contribution in [2.24, 2.45) is 0 Å². The Labute approximate surface area is 188 Å². The van der Waals surface area contributed by atoms with Gasteiger partial charge in [0.05, 0.1) is 25.8 Å². The third kappa shape index (κ3) is 5.02. The lowest BCUT2D eigenvalue weighted by Gasteiger charge is -2.17. The minimum atomic E-state index is -0.767. The molecular formula is C26H28N2O4. The molecule has 1 heterocycles. The third-order valence-corrected chi connectivity index (χ3v) is 5.97. The summed E-state index contributed by atoms with van der Waals surface area (Å²) in [6.45, 7) is 3.21. The first-order chi connectivity index (χ1) is 15.5. The standard InChI is InChI=1S/C26H28N2O4/c1-18-13-20-15-22(17-26(29)30)23-8-3-2-7-19(23)14-21(20)16-24(18)32-12-6-10-27-25-9-4-5-11-28(25)31/h2-5,7-9,11,13,16,22,27H,6,10,12,14-15,17H2,1H3,(H,29,30). The zero-order valence-electron chi connectivity index (χ0n) is 18.2. The molecule has 1 aliphatic rings. The van der Waals surface area contributed by atoms with Crippen LogP contribution in [-0.2, 0) is 17.6 Å². The molecule has 32 heavy (non-hydrogen) atoms. The number of rotatable bonds is 8. The highest BCUT2D eigenvalue weighted by molar-refractivity contribution is 5.68. The third-order valence-electron chi connectivity index (χ3n) is 5.97. The van der Waals surface area contributed by atoms with Crippen molar-refractivity contribution >= 4 is 11.8 Å². The summed E-state index contributed by atoms with van der Waals surface area (Å²) in [5.74, 6) is 0.598. The molecule has 0 saturated heterocycles. The lowest BCUT2D eigenvalue weighted by molar-refractivity contribution is -0.590. The number of aliphatic carboxylic acids is 1. The van der Waals surface area contributed by atoms with Gasteiger partial charge in [-0.2, -0.15) is 0 Å². The van der Waals surface area contributed by atoms with Gasteiger partial charge in [0.2, 0.25) is 0 Å². The Morgan fingerprint density at radius 2 is 1.97 bits per heavy atom. The monoisotopic (exact) mass is 432 g/mol. The number of aryl methyl sites for hydroxylation is 1. The Bertz CT molecular complexity index is 1110. The van der Waals surface area contributed by atoms with E-state index in [-0.39, 0.29) is 12.3 Å². The second-order valence-corrected chi connectivity index (χ2v) is 8.30. The zero-order valence-corrected chi connectivity index (χ0v) is 18.2. The molecule has 1 unspecified atom stereocenters. The number of benzene rings is 2. The molecule has 0 saturated carbocycles. The molecule has 0 amide bonds. The molecular weight excluding hydrogens is 404 g/mol. The number of carboxylic acids is 1. The van der Waals surface area contributed by atoms with Gasteiger partial charge >= 0.3 is 5.97 Å². The molecule has 4 rings (SSSR count). The lowest BCUT2D eigenvalue weighted by Crippen LogP contribution is -2.30. The van der Waals surface area contributed by atoms with E-state index < -0.39 is 5.97 Å². The highest BCUT2D eigenvalue weighted by atomic mass is 16.5. The Balaban J connectivity index is 1.44. The van der Waals surface area contributed by atoms with Crippen LogP contribution in [0.15, 0.2) is 60.8 Å². The van der Waals surface area contributed by atoms with Gasteiger partial charge in [-0.3, -0.25) is 10.1 Å². The maximum Gasteiger partial charge on any atom is 0.303 e. The summed E-state index contributed by atoms with van der Waals surface area (Å²) in [6.07, 6.45) is 3.85. The Morgan fingerprint density at radius 1 is 1.16 bits per heavy atom. The van der Waals surface area contributed by atoms with Crippen molar-refractivity contribution in [1.29, 1.82) is 0 Å². The molecule has 0 bridgehead atoms. The van der Waals surface area contributed by atoms with Crippen LogP contribution in [0.5, 0.6) is 5.75 Å². The van der Waals surface area contributed by atoms with Crippen LogP contribution in [0.25, 0.3) is 0 Å². The molecule has 1 aliphatic carbocycles. The van der Waals surface area contributed by atoms with Gasteiger partial charge in [-0.1, -0.05) is 36.4 Å². The average Bonchev–Trinajstić information content (AvgIpc) is 2.90. The van der Waals surface area contributed by atoms with Crippen LogP contribution < -0.4 is 14.8 Å². The largest absolute Gasteiger partial charge is 0.711 e. The quantitative estimate of drug-likeness (QED) is 0.316. The number of aromatic nitrogens is 1. The highest BCUT2D eigenvalue weighted by Crippen LogP contribution is 2.36. The van der Waals surface area contributed by atoms with Crippen molar-refractivity contribution in [2.45, 2.75) is 38.5 Å². The van der Waals surface area contributed by atoms with Gasteiger partial charge in [0.1, 0.15) is 5.75 Å². The fourth-order valence-corrected chi connectivity index (χ4v) is 4.40. The summed E-state index contributed by atoms with van der Waals surface area (Å²) >= 11 is 0. The van der Waals surface area contributed by atoms with Crippen molar-refractivity contribution in [3.63, 3.8) is 0 Å². The molecule has 0 fully saturated rings. The number of pyridine rings is 1. The summed E-state index contributed by atoms with van der Waals surface area (Å²) in [5.41, 5.74) is 5.76. The normalized spacial score (nSPS) is 14.7. The van der Waals surface area contributed by atoms with E-state index >= 15 is 0 Å². The lowest BCUT2D eigenvalue weighted by atomic mass is 9.88. The molecule has 2 aromatic carbocycles. The van der Waals surface area contributed by atoms with E-state index in [1.165, 1.54) is 22.9 Å². The van der Waals surface area contributed by atoms with Crippen molar-refractivity contribution in [3.05, 3.63) is 93.8 Å². The molecule has 166 valence electrons. The van der Waals surface area contributed by atoms with Crippen LogP contribution in [0.1, 0.15) is 46.6 Å². The molecule has 0 spiro atoms. The Morgan fingerprint density at radius 3 is 2.78 bits per heavy atom. The maximum atomic E-state index is 11.7. The highest BCUT2D eigenvalue weighted by Gasteiger charge is 2.24. The Hall–Kier alpha value is -3.54. The van der Waals surface area contributed by atoms with Crippen LogP contribution in [0.3, 0.4) is 0 Å². The number of fused-ring (bicyclic) bond motifs is 2. The van der Waals surface area contributed by atoms with Crippen molar-refractivity contribution in [1.82, 2.24) is 0 Å². The van der Waals surface area contributed by atoms with E-state index in [4.69, 9.17) is 4.74 Å². The van der Waals surface area contributed by atoms with Gasteiger partial charge in [0, 0.05) is 12.5 Å². The molecule has 3 aromatic rings. The van der Waals surface area contributed by atoms with Gasteiger partial charge in [-0.05, 0) is 65.6 Å². The molecule has 0 radical (unpaired) electrons. The number of hydrogen-bond acceptors (Lipinski definition) is 4. The first-order valence-electron chi connectivity index (χ1n) is 11.0. The predicted octanol–water partition coefficient (Wildman–Crippen LogP) is 4.21. The number of carbonyl (C=O) groups is 1. The van der Waals surface area contributed by atoms with Gasteiger partial charge in [-0.15, -0.1) is 0 Å². The maximum absolute atomic E-state index is 11.7. The van der Waals surface area contributed by atoms with E-state index in [1.54, 1.807) is 12.1 Å². The van der Waals surface area contributed by atoms with Crippen LogP contribution in [0.2, 0.25) is 0 Å². The fourth-order valence-electron chi connectivity index (χ4n) is 4.40.